The van der Waals surface area contributed by atoms with Gasteiger partial charge in [-0.25, -0.2) is 9.78 Å². The summed E-state index contributed by atoms with van der Waals surface area (Å²) in [6, 6.07) is 4.35. The number of ether oxygens (including phenoxy) is 1. The van der Waals surface area contributed by atoms with Gasteiger partial charge in [-0.15, -0.1) is 0 Å². The lowest BCUT2D eigenvalue weighted by atomic mass is 10.3. The molecule has 0 fully saturated rings. The molecule has 2 heterocycles. The highest BCUT2D eigenvalue weighted by Crippen LogP contribution is 2.28. The summed E-state index contributed by atoms with van der Waals surface area (Å²) in [6.07, 6.45) is -7.40. The zero-order chi connectivity index (χ0) is 22.2. The number of rotatable bonds is 6. The van der Waals surface area contributed by atoms with E-state index in [-0.39, 0.29) is 23.4 Å². The Bertz CT molecular complexity index is 1210. The van der Waals surface area contributed by atoms with Gasteiger partial charge in [-0.1, -0.05) is 0 Å². The Balaban J connectivity index is 1.75. The molecule has 0 atom stereocenters. The van der Waals surface area contributed by atoms with Gasteiger partial charge < -0.3 is 14.6 Å². The summed E-state index contributed by atoms with van der Waals surface area (Å²) >= 11 is 0. The minimum absolute atomic E-state index is 0.0488. The molecular weight excluding hydrogens is 414 g/mol. The number of anilines is 1. The Hall–Kier alpha value is -3.64. The first-order chi connectivity index (χ1) is 14.0. The second kappa shape index (κ2) is 7.65. The van der Waals surface area contributed by atoms with Crippen LogP contribution in [0, 0.1) is 0 Å². The first-order valence-corrected chi connectivity index (χ1v) is 8.37. The number of fused-ring (bicyclic) bond motifs is 1. The second-order valence-electron chi connectivity index (χ2n) is 6.29. The maximum Gasteiger partial charge on any atom is 0.461 e. The molecule has 0 saturated heterocycles. The summed E-state index contributed by atoms with van der Waals surface area (Å²) in [6.45, 7) is -0.328. The Morgan fingerprint density at radius 3 is 2.40 bits per heavy atom. The maximum atomic E-state index is 12.9. The van der Waals surface area contributed by atoms with Crippen molar-refractivity contribution in [1.82, 2.24) is 18.7 Å². The molecule has 2 aromatic heterocycles. The van der Waals surface area contributed by atoms with E-state index in [4.69, 9.17) is 0 Å². The van der Waals surface area contributed by atoms with E-state index in [9.17, 15) is 31.9 Å². The van der Waals surface area contributed by atoms with Crippen LogP contribution in [0.3, 0.4) is 0 Å². The number of aromatic nitrogens is 4. The normalized spacial score (nSPS) is 11.8. The van der Waals surface area contributed by atoms with Gasteiger partial charge in [-0.2, -0.15) is 17.6 Å². The highest BCUT2D eigenvalue weighted by atomic mass is 19.3. The van der Waals surface area contributed by atoms with E-state index in [1.54, 1.807) is 0 Å². The molecule has 1 N–H and O–H groups in total. The van der Waals surface area contributed by atoms with Crippen molar-refractivity contribution >= 4 is 22.8 Å². The number of nitrogens with zero attached hydrogens (tertiary/aromatic N) is 4. The van der Waals surface area contributed by atoms with Crippen molar-refractivity contribution in [3.63, 3.8) is 0 Å². The number of alkyl halides is 4. The number of benzene rings is 1. The van der Waals surface area contributed by atoms with E-state index >= 15 is 0 Å². The summed E-state index contributed by atoms with van der Waals surface area (Å²) in [4.78, 5) is 40.5. The van der Waals surface area contributed by atoms with Gasteiger partial charge >= 0.3 is 18.2 Å². The molecule has 0 unspecified atom stereocenters. The number of carbonyl (C=O) groups excluding carboxylic acids is 1. The first kappa shape index (κ1) is 21.1. The Labute approximate surface area is 165 Å². The molecule has 9 nitrogen and oxygen atoms in total. The Kier molecular flexibility index (Phi) is 5.37. The molecule has 1 aromatic carbocycles. The molecule has 1 amide bonds. The summed E-state index contributed by atoms with van der Waals surface area (Å²) < 4.78 is 57.3. The van der Waals surface area contributed by atoms with Gasteiger partial charge in [0.2, 0.25) is 5.91 Å². The summed E-state index contributed by atoms with van der Waals surface area (Å²) in [5.74, 6) is -1.10. The predicted molar refractivity (Wildman–Crippen MR) is 96.9 cm³/mol. The van der Waals surface area contributed by atoms with Crippen LogP contribution in [0.15, 0.2) is 40.2 Å². The Morgan fingerprint density at radius 2 is 1.80 bits per heavy atom. The lowest BCUT2D eigenvalue weighted by Crippen LogP contribution is -2.37. The number of halogens is 4. The van der Waals surface area contributed by atoms with Gasteiger partial charge in [0.05, 0.1) is 6.33 Å². The fraction of sp³-hybridized carbons (Fsp3) is 0.294. The number of imidazole rings is 1. The minimum Gasteiger partial charge on any atom is -0.428 e. The van der Waals surface area contributed by atoms with Crippen LogP contribution in [0.25, 0.3) is 11.2 Å². The van der Waals surface area contributed by atoms with Crippen molar-refractivity contribution in [1.29, 1.82) is 0 Å². The van der Waals surface area contributed by atoms with Crippen molar-refractivity contribution in [3.05, 3.63) is 51.4 Å². The predicted octanol–water partition coefficient (Wildman–Crippen LogP) is 1.31. The molecule has 3 aromatic rings. The smallest absolute Gasteiger partial charge is 0.428 e. The van der Waals surface area contributed by atoms with Crippen LogP contribution in [-0.4, -0.2) is 37.1 Å². The molecule has 13 heteroatoms. The molecule has 30 heavy (non-hydrogen) atoms. The lowest BCUT2D eigenvalue weighted by molar-refractivity contribution is -0.253. The summed E-state index contributed by atoms with van der Waals surface area (Å²) in [5.41, 5.74) is -0.857. The van der Waals surface area contributed by atoms with Crippen molar-refractivity contribution in [2.24, 2.45) is 14.1 Å². The van der Waals surface area contributed by atoms with Crippen molar-refractivity contribution in [2.45, 2.75) is 19.1 Å². The van der Waals surface area contributed by atoms with Crippen molar-refractivity contribution in [3.8, 4) is 5.75 Å². The third-order valence-corrected chi connectivity index (χ3v) is 4.18. The van der Waals surface area contributed by atoms with Crippen LogP contribution in [-0.2, 0) is 25.4 Å². The molecular formula is C17H15F4N5O4. The highest BCUT2D eigenvalue weighted by Gasteiger charge is 2.43. The molecule has 0 bridgehead atoms. The average Bonchev–Trinajstić information content (AvgIpc) is 3.09. The van der Waals surface area contributed by atoms with Crippen LogP contribution in [0.4, 0.5) is 23.2 Å². The summed E-state index contributed by atoms with van der Waals surface area (Å²) in [5, 5.41) is 2.46. The average molecular weight is 429 g/mol. The maximum absolute atomic E-state index is 12.9. The van der Waals surface area contributed by atoms with E-state index in [0.29, 0.717) is 0 Å². The van der Waals surface area contributed by atoms with Crippen molar-refractivity contribution in [2.75, 3.05) is 5.32 Å². The van der Waals surface area contributed by atoms with E-state index in [2.05, 4.69) is 15.0 Å². The van der Waals surface area contributed by atoms with E-state index in [0.717, 1.165) is 16.7 Å². The van der Waals surface area contributed by atoms with Gasteiger partial charge in [-0.3, -0.25) is 18.7 Å². The molecule has 0 aliphatic rings. The van der Waals surface area contributed by atoms with Gasteiger partial charge in [0, 0.05) is 19.8 Å². The van der Waals surface area contributed by atoms with E-state index < -0.39 is 35.4 Å². The number of amides is 1. The number of hydrogen-bond donors (Lipinski definition) is 1. The molecule has 0 saturated carbocycles. The van der Waals surface area contributed by atoms with Crippen LogP contribution in [0.5, 0.6) is 5.75 Å². The summed E-state index contributed by atoms with van der Waals surface area (Å²) in [7, 11) is 2.73. The van der Waals surface area contributed by atoms with Gasteiger partial charge in [-0.05, 0) is 24.3 Å². The third-order valence-electron chi connectivity index (χ3n) is 4.18. The first-order valence-electron chi connectivity index (χ1n) is 8.37. The zero-order valence-electron chi connectivity index (χ0n) is 15.6. The molecule has 0 aliphatic carbocycles. The fourth-order valence-corrected chi connectivity index (χ4v) is 2.68. The quantitative estimate of drug-likeness (QED) is 0.596. The van der Waals surface area contributed by atoms with Crippen LogP contribution < -0.4 is 21.3 Å². The van der Waals surface area contributed by atoms with Gasteiger partial charge in [0.1, 0.15) is 12.3 Å². The molecule has 3 rings (SSSR count). The lowest BCUT2D eigenvalue weighted by Gasteiger charge is -2.17. The Morgan fingerprint density at radius 1 is 1.17 bits per heavy atom. The van der Waals surface area contributed by atoms with Gasteiger partial charge in [0.15, 0.2) is 11.2 Å². The van der Waals surface area contributed by atoms with E-state index in [1.807, 2.05) is 0 Å². The van der Waals surface area contributed by atoms with Gasteiger partial charge in [0.25, 0.3) is 5.56 Å². The number of hydrogen-bond acceptors (Lipinski definition) is 5. The monoisotopic (exact) mass is 429 g/mol. The molecule has 160 valence electrons. The highest BCUT2D eigenvalue weighted by molar-refractivity contribution is 5.91. The standard InChI is InChI=1S/C17H15F4N5O4/c1-24-13-12(14(28)25(2)16(24)29)26(8-22-13)7-11(27)23-9-3-5-10(6-4-9)30-17(20,21)15(18)19/h3-6,8,15H,7H2,1-2H3,(H,23,27). The van der Waals surface area contributed by atoms with Crippen LogP contribution >= 0.6 is 0 Å². The van der Waals surface area contributed by atoms with Crippen LogP contribution in [0.1, 0.15) is 0 Å². The topological polar surface area (TPSA) is 100 Å². The molecule has 0 spiro atoms. The minimum atomic E-state index is -4.64. The third kappa shape index (κ3) is 3.90. The fourth-order valence-electron chi connectivity index (χ4n) is 2.68. The second-order valence-corrected chi connectivity index (χ2v) is 6.29. The van der Waals surface area contributed by atoms with E-state index in [1.165, 1.54) is 41.7 Å². The molecule has 0 aliphatic heterocycles. The number of nitrogens with one attached hydrogen (secondary N) is 1. The largest absolute Gasteiger partial charge is 0.461 e. The number of aryl methyl sites for hydroxylation is 1. The zero-order valence-corrected chi connectivity index (χ0v) is 15.6. The van der Waals surface area contributed by atoms with Crippen molar-refractivity contribution < 1.29 is 27.1 Å². The number of carbonyl (C=O) groups is 1. The van der Waals surface area contributed by atoms with Crippen LogP contribution in [0.2, 0.25) is 0 Å². The molecule has 0 radical (unpaired) electrons. The SMILES string of the molecule is Cn1c(=O)c2c(ncn2CC(=O)Nc2ccc(OC(F)(F)C(F)F)cc2)n(C)c1=O.